The fraction of sp³-hybridized carbons (Fsp3) is 0.250. The Hall–Kier alpha value is -2.61. The van der Waals surface area contributed by atoms with Crippen molar-refractivity contribution < 1.29 is 22.5 Å². The molecule has 0 radical (unpaired) electrons. The summed E-state index contributed by atoms with van der Waals surface area (Å²) in [5.74, 6) is -0.0751. The van der Waals surface area contributed by atoms with Gasteiger partial charge in [-0.3, -0.25) is 4.79 Å². The first-order valence-electron chi connectivity index (χ1n) is 7.07. The number of amides is 1. The molecule has 7 nitrogen and oxygen atoms in total. The molecule has 0 atom stereocenters. The average Bonchev–Trinajstić information content (AvgIpc) is 2.84. The highest BCUT2D eigenvalue weighted by Crippen LogP contribution is 2.21. The fourth-order valence-corrected chi connectivity index (χ4v) is 3.50. The lowest BCUT2D eigenvalue weighted by atomic mass is 10.1. The number of hydrogen-bond donors (Lipinski definition) is 1. The Morgan fingerprint density at radius 2 is 2.00 bits per heavy atom. The van der Waals surface area contributed by atoms with Gasteiger partial charge in [0.15, 0.2) is 10.7 Å². The first-order chi connectivity index (χ1) is 11.2. The van der Waals surface area contributed by atoms with Crippen molar-refractivity contribution in [1.82, 2.24) is 9.88 Å². The summed E-state index contributed by atoms with van der Waals surface area (Å²) < 4.78 is 36.5. The van der Waals surface area contributed by atoms with Gasteiger partial charge >= 0.3 is 0 Å². The monoisotopic (exact) mass is 350 g/mol. The Morgan fingerprint density at radius 1 is 1.29 bits per heavy atom. The number of sulfonamides is 1. The molecule has 1 heterocycles. The van der Waals surface area contributed by atoms with Crippen molar-refractivity contribution in [2.24, 2.45) is 0 Å². The number of benzene rings is 1. The van der Waals surface area contributed by atoms with Crippen LogP contribution in [0.3, 0.4) is 0 Å². The Bertz CT molecular complexity index is 878. The van der Waals surface area contributed by atoms with Crippen molar-refractivity contribution in [1.29, 1.82) is 0 Å². The van der Waals surface area contributed by atoms with Crippen molar-refractivity contribution in [3.05, 3.63) is 46.9 Å². The molecule has 0 bridgehead atoms. The molecule has 1 N–H and O–H groups in total. The maximum absolute atomic E-state index is 12.2. The van der Waals surface area contributed by atoms with Crippen LogP contribution in [0.1, 0.15) is 22.6 Å². The van der Waals surface area contributed by atoms with E-state index in [-0.39, 0.29) is 16.3 Å². The largest absolute Gasteiger partial charge is 0.496 e. The molecule has 2 aromatic rings. The van der Waals surface area contributed by atoms with E-state index in [2.05, 4.69) is 5.16 Å². The van der Waals surface area contributed by atoms with E-state index in [0.717, 1.165) is 11.6 Å². The van der Waals surface area contributed by atoms with E-state index in [1.807, 2.05) is 23.8 Å². The first kappa shape index (κ1) is 17.7. The van der Waals surface area contributed by atoms with Crippen molar-refractivity contribution >= 4 is 22.0 Å². The van der Waals surface area contributed by atoms with Crippen LogP contribution in [0.15, 0.2) is 33.7 Å². The van der Waals surface area contributed by atoms with E-state index in [9.17, 15) is 13.2 Å². The summed E-state index contributed by atoms with van der Waals surface area (Å²) in [7, 11) is -2.53. The molecule has 0 unspecified atom stereocenters. The quantitative estimate of drug-likeness (QED) is 0.830. The van der Waals surface area contributed by atoms with Crippen molar-refractivity contribution in [3.63, 3.8) is 0 Å². The fourth-order valence-electron chi connectivity index (χ4n) is 2.23. The van der Waals surface area contributed by atoms with Crippen molar-refractivity contribution in [2.45, 2.75) is 25.7 Å². The summed E-state index contributed by atoms with van der Waals surface area (Å²) in [6.45, 7) is 4.86. The van der Waals surface area contributed by atoms with Gasteiger partial charge in [-0.1, -0.05) is 16.8 Å². The van der Waals surface area contributed by atoms with Gasteiger partial charge in [-0.05, 0) is 39.0 Å². The van der Waals surface area contributed by atoms with E-state index in [4.69, 9.17) is 9.26 Å². The van der Waals surface area contributed by atoms with Crippen LogP contribution in [0, 0.1) is 20.8 Å². The van der Waals surface area contributed by atoms with E-state index in [1.54, 1.807) is 6.07 Å². The Kier molecular flexibility index (Phi) is 5.08. The molecular weight excluding hydrogens is 332 g/mol. The van der Waals surface area contributed by atoms with E-state index < -0.39 is 15.9 Å². The SMILES string of the molecule is COc1ccc(C)cc1/C=C/C(=O)NS(=O)(=O)c1c(C)noc1C. The highest BCUT2D eigenvalue weighted by atomic mass is 32.2. The number of rotatable bonds is 5. The summed E-state index contributed by atoms with van der Waals surface area (Å²) in [5.41, 5.74) is 1.85. The molecule has 0 saturated carbocycles. The second-order valence-corrected chi connectivity index (χ2v) is 6.82. The molecule has 0 spiro atoms. The van der Waals surface area contributed by atoms with Crippen molar-refractivity contribution in [2.75, 3.05) is 7.11 Å². The summed E-state index contributed by atoms with van der Waals surface area (Å²) in [6.07, 6.45) is 2.62. The second-order valence-electron chi connectivity index (χ2n) is 5.20. The first-order valence-corrected chi connectivity index (χ1v) is 8.55. The zero-order valence-corrected chi connectivity index (χ0v) is 14.6. The Balaban J connectivity index is 2.21. The van der Waals surface area contributed by atoms with Crippen LogP contribution >= 0.6 is 0 Å². The lowest BCUT2D eigenvalue weighted by molar-refractivity contribution is -0.114. The van der Waals surface area contributed by atoms with Crippen LogP contribution < -0.4 is 9.46 Å². The summed E-state index contributed by atoms with van der Waals surface area (Å²) >= 11 is 0. The lowest BCUT2D eigenvalue weighted by Gasteiger charge is -2.06. The molecule has 128 valence electrons. The van der Waals surface area contributed by atoms with Gasteiger partial charge in [-0.2, -0.15) is 0 Å². The Morgan fingerprint density at radius 3 is 2.58 bits per heavy atom. The predicted molar refractivity (Wildman–Crippen MR) is 88.1 cm³/mol. The Labute approximate surface area is 140 Å². The molecule has 0 aliphatic heterocycles. The van der Waals surface area contributed by atoms with Crippen LogP contribution in [0.2, 0.25) is 0 Å². The maximum atomic E-state index is 12.2. The van der Waals surface area contributed by atoms with Gasteiger partial charge in [0.25, 0.3) is 15.9 Å². The van der Waals surface area contributed by atoms with E-state index in [0.29, 0.717) is 11.3 Å². The molecule has 1 aromatic heterocycles. The van der Waals surface area contributed by atoms with Gasteiger partial charge in [0.1, 0.15) is 11.4 Å². The minimum absolute atomic E-state index is 0.122. The molecule has 1 aromatic carbocycles. The summed E-state index contributed by atoms with van der Waals surface area (Å²) in [5, 5.41) is 3.58. The van der Waals surface area contributed by atoms with Crippen LogP contribution in [0.4, 0.5) is 0 Å². The standard InChI is InChI=1S/C16H18N2O5S/c1-10-5-7-14(22-4)13(9-10)6-8-15(19)18-24(20,21)16-11(2)17-23-12(16)3/h5-9H,1-4H3,(H,18,19)/b8-6+. The van der Waals surface area contributed by atoms with Crippen LogP contribution in [-0.4, -0.2) is 26.6 Å². The van der Waals surface area contributed by atoms with Gasteiger partial charge in [0.2, 0.25) is 0 Å². The van der Waals surface area contributed by atoms with Crippen LogP contribution in [-0.2, 0) is 14.8 Å². The number of ether oxygens (including phenoxy) is 1. The van der Waals surface area contributed by atoms with Gasteiger partial charge in [0.05, 0.1) is 7.11 Å². The molecule has 24 heavy (non-hydrogen) atoms. The third-order valence-corrected chi connectivity index (χ3v) is 4.86. The molecule has 0 fully saturated rings. The van der Waals surface area contributed by atoms with Gasteiger partial charge in [0, 0.05) is 11.6 Å². The highest BCUT2D eigenvalue weighted by molar-refractivity contribution is 7.90. The number of carbonyl (C=O) groups is 1. The van der Waals surface area contributed by atoms with Gasteiger partial charge in [-0.15, -0.1) is 0 Å². The minimum atomic E-state index is -4.04. The lowest BCUT2D eigenvalue weighted by Crippen LogP contribution is -2.29. The molecule has 0 aliphatic carbocycles. The number of nitrogens with zero attached hydrogens (tertiary/aromatic N) is 1. The van der Waals surface area contributed by atoms with Crippen LogP contribution in [0.25, 0.3) is 6.08 Å². The normalized spacial score (nSPS) is 11.7. The number of methoxy groups -OCH3 is 1. The number of aromatic nitrogens is 1. The zero-order valence-electron chi connectivity index (χ0n) is 13.8. The molecule has 2 rings (SSSR count). The average molecular weight is 350 g/mol. The predicted octanol–water partition coefficient (Wildman–Crippen LogP) is 2.13. The molecule has 8 heteroatoms. The van der Waals surface area contributed by atoms with Gasteiger partial charge < -0.3 is 9.26 Å². The van der Waals surface area contributed by atoms with E-state index >= 15 is 0 Å². The second kappa shape index (κ2) is 6.88. The molecule has 0 saturated heterocycles. The smallest absolute Gasteiger partial charge is 0.269 e. The van der Waals surface area contributed by atoms with Crippen LogP contribution in [0.5, 0.6) is 5.75 Å². The number of hydrogen-bond acceptors (Lipinski definition) is 6. The third kappa shape index (κ3) is 3.83. The topological polar surface area (TPSA) is 98.5 Å². The molecule has 0 aliphatic rings. The summed E-state index contributed by atoms with van der Waals surface area (Å²) in [6, 6.07) is 5.47. The zero-order chi connectivity index (χ0) is 17.9. The molecule has 1 amide bonds. The maximum Gasteiger partial charge on any atom is 0.269 e. The number of aryl methyl sites for hydroxylation is 3. The molecular formula is C16H18N2O5S. The number of carbonyl (C=O) groups excluding carboxylic acids is 1. The van der Waals surface area contributed by atoms with Crippen molar-refractivity contribution in [3.8, 4) is 5.75 Å². The van der Waals surface area contributed by atoms with Gasteiger partial charge in [-0.25, -0.2) is 13.1 Å². The highest BCUT2D eigenvalue weighted by Gasteiger charge is 2.25. The number of nitrogens with one attached hydrogen (secondary N) is 1. The summed E-state index contributed by atoms with van der Waals surface area (Å²) in [4.78, 5) is 11.8. The minimum Gasteiger partial charge on any atom is -0.496 e. The van der Waals surface area contributed by atoms with E-state index in [1.165, 1.54) is 27.0 Å². The third-order valence-electron chi connectivity index (χ3n) is 3.27.